The largest absolute Gasteiger partial charge is 0.429 e. The van der Waals surface area contributed by atoms with Crippen LogP contribution in [0.25, 0.3) is 0 Å². The minimum Gasteiger partial charge on any atom is -0.367 e. The lowest BCUT2D eigenvalue weighted by Gasteiger charge is -2.63. The summed E-state index contributed by atoms with van der Waals surface area (Å²) < 4.78 is 128. The normalized spacial score (nSPS) is 38.2. The monoisotopic (exact) mass is 482 g/mol. The van der Waals surface area contributed by atoms with Crippen LogP contribution in [0.1, 0.15) is 32.1 Å². The number of hydrogen-bond donors (Lipinski definition) is 1. The van der Waals surface area contributed by atoms with E-state index in [-0.39, 0.29) is 18.8 Å². The number of hydrogen-bond acceptors (Lipinski definition) is 6. The lowest BCUT2D eigenvalue weighted by atomic mass is 9.51. The standard InChI is InChI=1S/C17H20F6O7S/c18-14(19)7-29-16(30-8-15(14,20)21)10-1-9-2-11(16)5-13(3-9,4-10)28-6-12(24)17(22,23)31(25,26)27/h9-11H,1-8H2,(H,25,26,27). The molecule has 1 aliphatic heterocycles. The van der Waals surface area contributed by atoms with Gasteiger partial charge in [-0.1, -0.05) is 0 Å². The van der Waals surface area contributed by atoms with Crippen molar-refractivity contribution in [3.63, 3.8) is 0 Å². The summed E-state index contributed by atoms with van der Waals surface area (Å²) in [5.74, 6) is -14.1. The molecule has 4 aliphatic carbocycles. The fourth-order valence-corrected chi connectivity index (χ4v) is 5.96. The summed E-state index contributed by atoms with van der Waals surface area (Å²) in [6, 6.07) is 0. The highest BCUT2D eigenvalue weighted by Gasteiger charge is 2.69. The molecule has 2 atom stereocenters. The SMILES string of the molecule is O=C(COC12CC3CC(C1)C1(OCC(F)(F)C(F)(F)CO1)C(C3)C2)C(F)(F)S(=O)(=O)O. The molecular formula is C17H20F6O7S. The van der Waals surface area contributed by atoms with E-state index in [1.54, 1.807) is 0 Å². The number of rotatable bonds is 5. The van der Waals surface area contributed by atoms with Gasteiger partial charge in [0.25, 0.3) is 0 Å². The minimum atomic E-state index is -5.97. The average Bonchev–Trinajstić information content (AvgIpc) is 2.72. The molecule has 1 N–H and O–H groups in total. The number of carbonyl (C=O) groups is 1. The van der Waals surface area contributed by atoms with E-state index >= 15 is 0 Å². The van der Waals surface area contributed by atoms with Crippen molar-refractivity contribution in [2.45, 2.75) is 60.6 Å². The number of carbonyl (C=O) groups excluding carboxylic acids is 1. The Morgan fingerprint density at radius 1 is 1.00 bits per heavy atom. The lowest BCUT2D eigenvalue weighted by molar-refractivity contribution is -0.357. The summed E-state index contributed by atoms with van der Waals surface area (Å²) >= 11 is 0. The molecule has 7 nitrogen and oxygen atoms in total. The molecular weight excluding hydrogens is 462 g/mol. The Labute approximate surface area is 173 Å². The Balaban J connectivity index is 1.52. The number of halogens is 6. The average molecular weight is 482 g/mol. The summed E-state index contributed by atoms with van der Waals surface area (Å²) in [6.07, 6.45) is 1.17. The van der Waals surface area contributed by atoms with Crippen LogP contribution in [0, 0.1) is 17.8 Å². The first kappa shape index (κ1) is 23.2. The van der Waals surface area contributed by atoms with Gasteiger partial charge in [0.2, 0.25) is 5.78 Å². The van der Waals surface area contributed by atoms with Crippen molar-refractivity contribution in [3.05, 3.63) is 0 Å². The molecule has 4 saturated carbocycles. The van der Waals surface area contributed by atoms with Crippen LogP contribution >= 0.6 is 0 Å². The third kappa shape index (κ3) is 3.49. The van der Waals surface area contributed by atoms with E-state index in [2.05, 4.69) is 0 Å². The van der Waals surface area contributed by atoms with E-state index in [1.165, 1.54) is 0 Å². The summed E-state index contributed by atoms with van der Waals surface area (Å²) in [5.41, 5.74) is -1.16. The fourth-order valence-electron chi connectivity index (χ4n) is 5.61. The van der Waals surface area contributed by atoms with E-state index < -0.39 is 76.0 Å². The van der Waals surface area contributed by atoms with Crippen molar-refractivity contribution in [1.82, 2.24) is 0 Å². The Bertz CT molecular complexity index is 840. The van der Waals surface area contributed by atoms with Gasteiger partial charge in [-0.3, -0.25) is 9.35 Å². The van der Waals surface area contributed by atoms with Crippen molar-refractivity contribution in [1.29, 1.82) is 0 Å². The van der Waals surface area contributed by atoms with Crippen LogP contribution < -0.4 is 0 Å². The predicted octanol–water partition coefficient (Wildman–Crippen LogP) is 2.65. The molecule has 0 amide bonds. The van der Waals surface area contributed by atoms with Crippen LogP contribution in [0.3, 0.4) is 0 Å². The van der Waals surface area contributed by atoms with Gasteiger partial charge in [-0.2, -0.15) is 34.8 Å². The Morgan fingerprint density at radius 3 is 1.94 bits per heavy atom. The van der Waals surface area contributed by atoms with Gasteiger partial charge in [0.1, 0.15) is 19.8 Å². The van der Waals surface area contributed by atoms with Gasteiger partial charge in [0.15, 0.2) is 5.79 Å². The van der Waals surface area contributed by atoms with Crippen molar-refractivity contribution in [2.75, 3.05) is 19.8 Å². The summed E-state index contributed by atoms with van der Waals surface area (Å²) in [7, 11) is -5.97. The number of ketones is 1. The molecule has 0 aromatic heterocycles. The van der Waals surface area contributed by atoms with Gasteiger partial charge < -0.3 is 14.2 Å². The van der Waals surface area contributed by atoms with Crippen LogP contribution in [0.4, 0.5) is 26.3 Å². The van der Waals surface area contributed by atoms with Crippen LogP contribution in [0.15, 0.2) is 0 Å². The molecule has 0 radical (unpaired) electrons. The molecule has 5 aliphatic rings. The molecule has 0 aromatic carbocycles. The van der Waals surface area contributed by atoms with Crippen molar-refractivity contribution >= 4 is 15.9 Å². The highest BCUT2D eigenvalue weighted by Crippen LogP contribution is 2.63. The zero-order valence-corrected chi connectivity index (χ0v) is 16.8. The van der Waals surface area contributed by atoms with Crippen molar-refractivity contribution in [2.24, 2.45) is 17.8 Å². The zero-order valence-electron chi connectivity index (χ0n) is 16.0. The van der Waals surface area contributed by atoms with E-state index in [1.807, 2.05) is 0 Å². The third-order valence-corrected chi connectivity index (χ3v) is 7.80. The van der Waals surface area contributed by atoms with Gasteiger partial charge in [-0.05, 0) is 38.0 Å². The quantitative estimate of drug-likeness (QED) is 0.475. The second kappa shape index (κ2) is 6.78. The van der Waals surface area contributed by atoms with Gasteiger partial charge in [-0.25, -0.2) is 0 Å². The zero-order chi connectivity index (χ0) is 23.1. The predicted molar refractivity (Wildman–Crippen MR) is 88.3 cm³/mol. The summed E-state index contributed by atoms with van der Waals surface area (Å²) in [5, 5.41) is -5.04. The third-order valence-electron chi connectivity index (χ3n) is 6.92. The van der Waals surface area contributed by atoms with Gasteiger partial charge in [0, 0.05) is 11.8 Å². The van der Waals surface area contributed by atoms with Crippen LogP contribution in [-0.2, 0) is 29.1 Å². The van der Waals surface area contributed by atoms with E-state index in [0.717, 1.165) is 0 Å². The number of ether oxygens (including phenoxy) is 3. The first-order valence-electron chi connectivity index (χ1n) is 9.59. The molecule has 14 heteroatoms. The molecule has 1 heterocycles. The fraction of sp³-hybridized carbons (Fsp3) is 0.941. The summed E-state index contributed by atoms with van der Waals surface area (Å²) in [4.78, 5) is 11.7. The van der Waals surface area contributed by atoms with Crippen molar-refractivity contribution in [3.8, 4) is 0 Å². The first-order valence-corrected chi connectivity index (χ1v) is 11.0. The second-order valence-electron chi connectivity index (χ2n) is 8.94. The summed E-state index contributed by atoms with van der Waals surface area (Å²) in [6.45, 7) is -4.38. The molecule has 1 spiro atoms. The second-order valence-corrected chi connectivity index (χ2v) is 10.4. The Morgan fingerprint density at radius 2 is 1.48 bits per heavy atom. The topological polar surface area (TPSA) is 99.1 Å². The molecule has 2 unspecified atom stereocenters. The maximum Gasteiger partial charge on any atom is 0.429 e. The van der Waals surface area contributed by atoms with Crippen LogP contribution in [0.2, 0.25) is 0 Å². The smallest absolute Gasteiger partial charge is 0.367 e. The van der Waals surface area contributed by atoms with E-state index in [4.69, 9.17) is 18.8 Å². The molecule has 31 heavy (non-hydrogen) atoms. The van der Waals surface area contributed by atoms with Gasteiger partial charge in [0.05, 0.1) is 5.60 Å². The highest BCUT2D eigenvalue weighted by molar-refractivity contribution is 7.87. The van der Waals surface area contributed by atoms with Crippen LogP contribution in [-0.4, -0.2) is 67.1 Å². The van der Waals surface area contributed by atoms with Crippen molar-refractivity contribution < 1.29 is 58.3 Å². The highest BCUT2D eigenvalue weighted by atomic mass is 32.2. The molecule has 178 valence electrons. The number of alkyl halides is 6. The molecule has 5 fully saturated rings. The van der Waals surface area contributed by atoms with Crippen LogP contribution in [0.5, 0.6) is 0 Å². The minimum absolute atomic E-state index is 0.0157. The Kier molecular flexibility index (Phi) is 5.07. The van der Waals surface area contributed by atoms with Gasteiger partial charge >= 0.3 is 27.2 Å². The maximum absolute atomic E-state index is 13.8. The number of Topliss-reactive ketones (excluding diaryl/α,β-unsaturated/α-hetero) is 1. The van der Waals surface area contributed by atoms with E-state index in [9.17, 15) is 39.6 Å². The molecule has 0 aromatic rings. The first-order chi connectivity index (χ1) is 14.0. The van der Waals surface area contributed by atoms with Gasteiger partial charge in [-0.15, -0.1) is 0 Å². The van der Waals surface area contributed by atoms with E-state index in [0.29, 0.717) is 19.3 Å². The molecule has 1 saturated heterocycles. The molecule has 5 rings (SSSR count). The lowest BCUT2D eigenvalue weighted by Crippen LogP contribution is -2.66. The maximum atomic E-state index is 13.8. The molecule has 4 bridgehead atoms. The Hall–Kier alpha value is -0.960.